The van der Waals surface area contributed by atoms with Crippen LogP contribution in [0, 0.1) is 5.92 Å². The zero-order chi connectivity index (χ0) is 12.6. The summed E-state index contributed by atoms with van der Waals surface area (Å²) in [6.07, 6.45) is 3.39. The number of carbonyl (C=O) groups excluding carboxylic acids is 1. The van der Waals surface area contributed by atoms with E-state index in [0.717, 1.165) is 71.1 Å². The average Bonchev–Trinajstić information content (AvgIpc) is 2.41. The van der Waals surface area contributed by atoms with E-state index in [9.17, 15) is 4.79 Å². The van der Waals surface area contributed by atoms with Crippen molar-refractivity contribution in [2.24, 2.45) is 5.92 Å². The summed E-state index contributed by atoms with van der Waals surface area (Å²) in [6.45, 7) is 7.09. The van der Waals surface area contributed by atoms with Crippen molar-refractivity contribution < 1.29 is 9.53 Å². The number of nitrogens with zero attached hydrogens (tertiary/aromatic N) is 1. The van der Waals surface area contributed by atoms with Crippen LogP contribution in [0.2, 0.25) is 0 Å². The molecule has 0 unspecified atom stereocenters. The molecule has 0 bridgehead atoms. The highest BCUT2D eigenvalue weighted by atomic mass is 16.5. The van der Waals surface area contributed by atoms with Crippen molar-refractivity contribution in [3.63, 3.8) is 0 Å². The van der Waals surface area contributed by atoms with Crippen molar-refractivity contribution in [1.82, 2.24) is 15.5 Å². The molecular weight excluding hydrogens is 230 g/mol. The van der Waals surface area contributed by atoms with Gasteiger partial charge in [0, 0.05) is 45.9 Å². The van der Waals surface area contributed by atoms with Crippen LogP contribution in [0.3, 0.4) is 0 Å². The highest BCUT2D eigenvalue weighted by Crippen LogP contribution is 2.17. The molecular formula is C13H25N3O2. The minimum absolute atomic E-state index is 0.170. The van der Waals surface area contributed by atoms with Gasteiger partial charge in [0.15, 0.2) is 0 Å². The monoisotopic (exact) mass is 255 g/mol. The molecule has 0 atom stereocenters. The standard InChI is InChI=1S/C13H25N3O2/c17-13(11-16-7-5-14-6-8-16)15-4-1-12-2-9-18-10-3-12/h12,14H,1-11H2,(H,15,17). The van der Waals surface area contributed by atoms with Gasteiger partial charge in [-0.2, -0.15) is 0 Å². The van der Waals surface area contributed by atoms with Gasteiger partial charge in [0.25, 0.3) is 0 Å². The number of carbonyl (C=O) groups is 1. The van der Waals surface area contributed by atoms with Crippen LogP contribution in [0.5, 0.6) is 0 Å². The van der Waals surface area contributed by atoms with Crippen LogP contribution in [-0.4, -0.2) is 63.3 Å². The van der Waals surface area contributed by atoms with Gasteiger partial charge in [0.05, 0.1) is 6.54 Å². The summed E-state index contributed by atoms with van der Waals surface area (Å²) in [7, 11) is 0. The number of piperazine rings is 1. The number of hydrogen-bond acceptors (Lipinski definition) is 4. The Balaban J connectivity index is 1.53. The fraction of sp³-hybridized carbons (Fsp3) is 0.923. The second kappa shape index (κ2) is 7.71. The molecule has 2 saturated heterocycles. The minimum atomic E-state index is 0.170. The highest BCUT2D eigenvalue weighted by molar-refractivity contribution is 5.77. The molecule has 0 aromatic rings. The summed E-state index contributed by atoms with van der Waals surface area (Å²) in [5.41, 5.74) is 0. The number of rotatable bonds is 5. The number of nitrogens with one attached hydrogen (secondary N) is 2. The molecule has 5 nitrogen and oxygen atoms in total. The summed E-state index contributed by atoms with van der Waals surface area (Å²) in [4.78, 5) is 14.0. The lowest BCUT2D eigenvalue weighted by Crippen LogP contribution is -2.47. The van der Waals surface area contributed by atoms with Gasteiger partial charge in [0.1, 0.15) is 0 Å². The van der Waals surface area contributed by atoms with Crippen molar-refractivity contribution in [3.8, 4) is 0 Å². The molecule has 0 aliphatic carbocycles. The van der Waals surface area contributed by atoms with Gasteiger partial charge in [-0.3, -0.25) is 9.69 Å². The fourth-order valence-corrected chi connectivity index (χ4v) is 2.58. The van der Waals surface area contributed by atoms with E-state index < -0.39 is 0 Å². The van der Waals surface area contributed by atoms with Crippen LogP contribution in [0.1, 0.15) is 19.3 Å². The number of ether oxygens (including phenoxy) is 1. The first-order valence-electron chi connectivity index (χ1n) is 7.12. The summed E-state index contributed by atoms with van der Waals surface area (Å²) in [5, 5.41) is 6.32. The van der Waals surface area contributed by atoms with Crippen LogP contribution < -0.4 is 10.6 Å². The minimum Gasteiger partial charge on any atom is -0.381 e. The average molecular weight is 255 g/mol. The van der Waals surface area contributed by atoms with Gasteiger partial charge in [-0.05, 0) is 25.2 Å². The Morgan fingerprint density at radius 2 is 2.00 bits per heavy atom. The summed E-state index contributed by atoms with van der Waals surface area (Å²) in [6, 6.07) is 0. The Kier molecular flexibility index (Phi) is 5.90. The Bertz CT molecular complexity index is 249. The fourth-order valence-electron chi connectivity index (χ4n) is 2.58. The maximum Gasteiger partial charge on any atom is 0.234 e. The van der Waals surface area contributed by atoms with Crippen molar-refractivity contribution >= 4 is 5.91 Å². The molecule has 0 spiro atoms. The van der Waals surface area contributed by atoms with Gasteiger partial charge >= 0.3 is 0 Å². The predicted molar refractivity (Wildman–Crippen MR) is 70.5 cm³/mol. The first-order chi connectivity index (χ1) is 8.84. The Morgan fingerprint density at radius 3 is 2.72 bits per heavy atom. The molecule has 2 rings (SSSR count). The first-order valence-corrected chi connectivity index (χ1v) is 7.12. The maximum absolute atomic E-state index is 11.8. The molecule has 2 aliphatic heterocycles. The van der Waals surface area contributed by atoms with E-state index in [1.807, 2.05) is 0 Å². The summed E-state index contributed by atoms with van der Waals surface area (Å²) < 4.78 is 5.33. The lowest BCUT2D eigenvalue weighted by molar-refractivity contribution is -0.122. The van der Waals surface area contributed by atoms with Crippen molar-refractivity contribution in [2.45, 2.75) is 19.3 Å². The smallest absolute Gasteiger partial charge is 0.234 e. The third-order valence-electron chi connectivity index (χ3n) is 3.79. The lowest BCUT2D eigenvalue weighted by Gasteiger charge is -2.26. The van der Waals surface area contributed by atoms with Crippen molar-refractivity contribution in [1.29, 1.82) is 0 Å². The van der Waals surface area contributed by atoms with E-state index in [-0.39, 0.29) is 5.91 Å². The van der Waals surface area contributed by atoms with Gasteiger partial charge in [-0.1, -0.05) is 0 Å². The lowest BCUT2D eigenvalue weighted by atomic mass is 9.97. The van der Waals surface area contributed by atoms with Gasteiger partial charge in [-0.15, -0.1) is 0 Å². The van der Waals surface area contributed by atoms with Crippen LogP contribution in [-0.2, 0) is 9.53 Å². The second-order valence-corrected chi connectivity index (χ2v) is 5.22. The van der Waals surface area contributed by atoms with E-state index in [2.05, 4.69) is 15.5 Å². The molecule has 2 heterocycles. The van der Waals surface area contributed by atoms with Crippen LogP contribution in [0.4, 0.5) is 0 Å². The molecule has 0 aromatic heterocycles. The third-order valence-corrected chi connectivity index (χ3v) is 3.79. The molecule has 0 saturated carbocycles. The largest absolute Gasteiger partial charge is 0.381 e. The van der Waals surface area contributed by atoms with Gasteiger partial charge in [-0.25, -0.2) is 0 Å². The molecule has 0 aromatic carbocycles. The molecule has 18 heavy (non-hydrogen) atoms. The van der Waals surface area contributed by atoms with E-state index >= 15 is 0 Å². The predicted octanol–water partition coefficient (Wildman–Crippen LogP) is -0.175. The summed E-state index contributed by atoms with van der Waals surface area (Å²) >= 11 is 0. The summed E-state index contributed by atoms with van der Waals surface area (Å²) in [5.74, 6) is 0.905. The normalized spacial score (nSPS) is 22.9. The SMILES string of the molecule is O=C(CN1CCNCC1)NCCC1CCOCC1. The number of amides is 1. The molecule has 0 radical (unpaired) electrons. The third kappa shape index (κ3) is 4.92. The van der Waals surface area contributed by atoms with Gasteiger partial charge in [0.2, 0.25) is 5.91 Å². The highest BCUT2D eigenvalue weighted by Gasteiger charge is 2.15. The molecule has 104 valence electrons. The van der Waals surface area contributed by atoms with E-state index in [1.54, 1.807) is 0 Å². The van der Waals surface area contributed by atoms with Crippen LogP contribution >= 0.6 is 0 Å². The number of hydrogen-bond donors (Lipinski definition) is 2. The second-order valence-electron chi connectivity index (χ2n) is 5.22. The quantitative estimate of drug-likeness (QED) is 0.716. The van der Waals surface area contributed by atoms with Crippen LogP contribution in [0.15, 0.2) is 0 Å². The Morgan fingerprint density at radius 1 is 1.28 bits per heavy atom. The molecule has 2 aliphatic rings. The van der Waals surface area contributed by atoms with E-state index in [1.165, 1.54) is 0 Å². The van der Waals surface area contributed by atoms with Crippen LogP contribution in [0.25, 0.3) is 0 Å². The zero-order valence-electron chi connectivity index (χ0n) is 11.1. The van der Waals surface area contributed by atoms with E-state index in [0.29, 0.717) is 6.54 Å². The molecule has 2 fully saturated rings. The Hall–Kier alpha value is -0.650. The van der Waals surface area contributed by atoms with Crippen molar-refractivity contribution in [3.05, 3.63) is 0 Å². The van der Waals surface area contributed by atoms with Gasteiger partial charge < -0.3 is 15.4 Å². The van der Waals surface area contributed by atoms with E-state index in [4.69, 9.17) is 4.74 Å². The first kappa shape index (κ1) is 13.8. The maximum atomic E-state index is 11.8. The van der Waals surface area contributed by atoms with Crippen molar-refractivity contribution in [2.75, 3.05) is 52.5 Å². The molecule has 2 N–H and O–H groups in total. The Labute approximate surface area is 109 Å². The zero-order valence-corrected chi connectivity index (χ0v) is 11.1. The molecule has 5 heteroatoms. The molecule has 1 amide bonds. The topological polar surface area (TPSA) is 53.6 Å².